The molecule has 4 aromatic carbocycles. The molecule has 0 saturated heterocycles. The Kier molecular flexibility index (Phi) is 12.6. The molecule has 0 saturated carbocycles. The van der Waals surface area contributed by atoms with Gasteiger partial charge in [0.25, 0.3) is 10.0 Å². The Labute approximate surface area is 286 Å². The summed E-state index contributed by atoms with van der Waals surface area (Å²) in [5.41, 5.74) is 2.99. The third-order valence-corrected chi connectivity index (χ3v) is 9.99. The molecule has 0 unspecified atom stereocenters. The number of nitrogens with one attached hydrogen (secondary N) is 1. The van der Waals surface area contributed by atoms with Gasteiger partial charge >= 0.3 is 0 Å². The molecular weight excluding hydrogens is 678 g/mol. The fourth-order valence-corrected chi connectivity index (χ4v) is 6.76. The normalized spacial score (nSPS) is 12.0. The van der Waals surface area contributed by atoms with Crippen LogP contribution in [0.15, 0.2) is 112 Å². The molecule has 0 radical (unpaired) electrons. The number of carbonyl (C=O) groups is 2. The van der Waals surface area contributed by atoms with Crippen LogP contribution in [0.5, 0.6) is 5.75 Å². The number of benzene rings is 4. The van der Waals surface area contributed by atoms with Crippen molar-refractivity contribution in [3.63, 3.8) is 0 Å². The maximum absolute atomic E-state index is 14.6. The first-order valence-corrected chi connectivity index (χ1v) is 17.9. The Morgan fingerprint density at radius 1 is 0.872 bits per heavy atom. The fraction of sp³-hybridized carbons (Fsp3) is 0.297. The second kappa shape index (κ2) is 16.6. The number of nitrogens with zero attached hydrogens (tertiary/aromatic N) is 2. The second-order valence-electron chi connectivity index (χ2n) is 11.7. The molecule has 1 N–H and O–H groups in total. The molecule has 10 heteroatoms. The third-order valence-electron chi connectivity index (χ3n) is 7.67. The zero-order chi connectivity index (χ0) is 34.0. The summed E-state index contributed by atoms with van der Waals surface area (Å²) in [5, 5.41) is 3.02. The largest absolute Gasteiger partial charge is 0.494 e. The van der Waals surface area contributed by atoms with Gasteiger partial charge < -0.3 is 15.0 Å². The van der Waals surface area contributed by atoms with Gasteiger partial charge in [0.05, 0.1) is 17.2 Å². The molecule has 47 heavy (non-hydrogen) atoms. The van der Waals surface area contributed by atoms with Gasteiger partial charge in [-0.05, 0) is 85.0 Å². The highest BCUT2D eigenvalue weighted by molar-refractivity contribution is 9.10. The van der Waals surface area contributed by atoms with Crippen molar-refractivity contribution in [2.75, 3.05) is 24.0 Å². The summed E-state index contributed by atoms with van der Waals surface area (Å²) >= 11 is 3.37. The Balaban J connectivity index is 1.80. The van der Waals surface area contributed by atoms with E-state index >= 15 is 0 Å². The van der Waals surface area contributed by atoms with E-state index in [2.05, 4.69) is 21.2 Å². The summed E-state index contributed by atoms with van der Waals surface area (Å²) in [6.07, 6.45) is 0.255. The van der Waals surface area contributed by atoms with Gasteiger partial charge in [-0.25, -0.2) is 8.42 Å². The van der Waals surface area contributed by atoms with Crippen LogP contribution in [0.3, 0.4) is 0 Å². The number of carbonyl (C=O) groups excluding carboxylic acids is 2. The molecule has 8 nitrogen and oxygen atoms in total. The Morgan fingerprint density at radius 2 is 1.51 bits per heavy atom. The molecule has 0 aromatic heterocycles. The van der Waals surface area contributed by atoms with Crippen molar-refractivity contribution in [1.29, 1.82) is 0 Å². The predicted molar refractivity (Wildman–Crippen MR) is 190 cm³/mol. The highest BCUT2D eigenvalue weighted by Gasteiger charge is 2.35. The summed E-state index contributed by atoms with van der Waals surface area (Å²) in [4.78, 5) is 30.1. The van der Waals surface area contributed by atoms with Gasteiger partial charge in [-0.1, -0.05) is 84.4 Å². The molecule has 0 aliphatic heterocycles. The van der Waals surface area contributed by atoms with E-state index in [9.17, 15) is 18.0 Å². The number of rotatable bonds is 15. The summed E-state index contributed by atoms with van der Waals surface area (Å²) in [5.74, 6) is -0.0335. The van der Waals surface area contributed by atoms with Crippen LogP contribution in [0, 0.1) is 12.8 Å². The summed E-state index contributed by atoms with van der Waals surface area (Å²) in [7, 11) is -4.21. The van der Waals surface area contributed by atoms with Crippen molar-refractivity contribution < 1.29 is 22.7 Å². The number of amides is 2. The van der Waals surface area contributed by atoms with Crippen molar-refractivity contribution >= 4 is 43.5 Å². The Bertz CT molecular complexity index is 1730. The average Bonchev–Trinajstić information content (AvgIpc) is 3.06. The standard InChI is InChI=1S/C37H42BrN3O5S/c1-5-46-33-19-17-32(18-20-33)41(47(44,45)34-21-15-31(38)16-22-34)26-36(42)40(25-30-14-10-9-11-28(30)4)35(37(43)39-24-27(2)3)23-29-12-7-6-8-13-29/h6-22,27,35H,5,23-26H2,1-4H3,(H,39,43)/t35-/m1/s1. The van der Waals surface area contributed by atoms with Crippen LogP contribution in [0.1, 0.15) is 37.5 Å². The summed E-state index contributed by atoms with van der Waals surface area (Å²) in [6.45, 7) is 8.31. The van der Waals surface area contributed by atoms with Gasteiger partial charge in [-0.15, -0.1) is 0 Å². The van der Waals surface area contributed by atoms with Gasteiger partial charge in [0.15, 0.2) is 0 Å². The van der Waals surface area contributed by atoms with Gasteiger partial charge in [0, 0.05) is 24.0 Å². The first-order valence-electron chi connectivity index (χ1n) is 15.7. The lowest BCUT2D eigenvalue weighted by Gasteiger charge is -2.34. The van der Waals surface area contributed by atoms with Crippen molar-refractivity contribution in [2.24, 2.45) is 5.92 Å². The SMILES string of the molecule is CCOc1ccc(N(CC(=O)N(Cc2ccccc2C)[C@H](Cc2ccccc2)C(=O)NCC(C)C)S(=O)(=O)c2ccc(Br)cc2)cc1. The number of ether oxygens (including phenoxy) is 1. The van der Waals surface area contributed by atoms with Gasteiger partial charge in [0.2, 0.25) is 11.8 Å². The molecule has 1 atom stereocenters. The van der Waals surface area contributed by atoms with Crippen LogP contribution in [0.2, 0.25) is 0 Å². The highest BCUT2D eigenvalue weighted by Crippen LogP contribution is 2.28. The third kappa shape index (κ3) is 9.68. The first-order chi connectivity index (χ1) is 22.5. The van der Waals surface area contributed by atoms with Crippen LogP contribution in [0.4, 0.5) is 5.69 Å². The lowest BCUT2D eigenvalue weighted by Crippen LogP contribution is -2.53. The van der Waals surface area contributed by atoms with Crippen LogP contribution < -0.4 is 14.4 Å². The van der Waals surface area contributed by atoms with E-state index in [0.29, 0.717) is 24.6 Å². The smallest absolute Gasteiger partial charge is 0.264 e. The number of sulfonamides is 1. The first kappa shape index (κ1) is 35.7. The fourth-order valence-electron chi connectivity index (χ4n) is 5.09. The van der Waals surface area contributed by atoms with E-state index in [0.717, 1.165) is 25.5 Å². The lowest BCUT2D eigenvalue weighted by atomic mass is 10.0. The van der Waals surface area contributed by atoms with E-state index in [4.69, 9.17) is 4.74 Å². The molecule has 0 aliphatic rings. The summed E-state index contributed by atoms with van der Waals surface area (Å²) < 4.78 is 35.9. The Hall–Kier alpha value is -4.15. The summed E-state index contributed by atoms with van der Waals surface area (Å²) in [6, 6.07) is 29.2. The number of halogens is 1. The van der Waals surface area contributed by atoms with Gasteiger partial charge in [-0.2, -0.15) is 0 Å². The number of hydrogen-bond donors (Lipinski definition) is 1. The number of anilines is 1. The zero-order valence-electron chi connectivity index (χ0n) is 27.2. The lowest BCUT2D eigenvalue weighted by molar-refractivity contribution is -0.140. The minimum atomic E-state index is -4.21. The molecule has 4 rings (SSSR count). The van der Waals surface area contributed by atoms with E-state index in [1.807, 2.05) is 82.3 Å². The van der Waals surface area contributed by atoms with E-state index in [1.54, 1.807) is 36.4 Å². The van der Waals surface area contributed by atoms with Gasteiger partial charge in [0.1, 0.15) is 18.3 Å². The predicted octanol–water partition coefficient (Wildman–Crippen LogP) is 6.76. The van der Waals surface area contributed by atoms with Crippen LogP contribution in [-0.4, -0.2) is 50.9 Å². The maximum Gasteiger partial charge on any atom is 0.264 e. The molecular formula is C37H42BrN3O5S. The van der Waals surface area contributed by atoms with Crippen LogP contribution in [0.25, 0.3) is 0 Å². The van der Waals surface area contributed by atoms with Gasteiger partial charge in [-0.3, -0.25) is 13.9 Å². The molecule has 0 fully saturated rings. The number of aryl methyl sites for hydroxylation is 1. The molecule has 0 aliphatic carbocycles. The van der Waals surface area contributed by atoms with Crippen molar-refractivity contribution in [3.8, 4) is 5.75 Å². The number of hydrogen-bond acceptors (Lipinski definition) is 5. The van der Waals surface area contributed by atoms with Crippen LogP contribution >= 0.6 is 15.9 Å². The quantitative estimate of drug-likeness (QED) is 0.147. The molecule has 2 amide bonds. The monoisotopic (exact) mass is 719 g/mol. The molecule has 0 heterocycles. The van der Waals surface area contributed by atoms with E-state index in [-0.39, 0.29) is 29.7 Å². The zero-order valence-corrected chi connectivity index (χ0v) is 29.6. The molecule has 0 spiro atoms. The van der Waals surface area contributed by atoms with E-state index in [1.165, 1.54) is 17.0 Å². The minimum Gasteiger partial charge on any atom is -0.494 e. The van der Waals surface area contributed by atoms with Crippen LogP contribution in [-0.2, 0) is 32.6 Å². The molecule has 0 bridgehead atoms. The Morgan fingerprint density at radius 3 is 2.13 bits per heavy atom. The highest BCUT2D eigenvalue weighted by atomic mass is 79.9. The molecule has 4 aromatic rings. The van der Waals surface area contributed by atoms with E-state index < -0.39 is 28.5 Å². The average molecular weight is 721 g/mol. The van der Waals surface area contributed by atoms with Crippen molar-refractivity contribution in [1.82, 2.24) is 10.2 Å². The second-order valence-corrected chi connectivity index (χ2v) is 14.5. The topological polar surface area (TPSA) is 96.0 Å². The maximum atomic E-state index is 14.6. The minimum absolute atomic E-state index is 0.0309. The van der Waals surface area contributed by atoms with Crippen molar-refractivity contribution in [3.05, 3.63) is 124 Å². The van der Waals surface area contributed by atoms with Crippen molar-refractivity contribution in [2.45, 2.75) is 51.6 Å². The molecule has 248 valence electrons.